The van der Waals surface area contributed by atoms with E-state index >= 15 is 0 Å². The summed E-state index contributed by atoms with van der Waals surface area (Å²) in [5.74, 6) is -0.225. The van der Waals surface area contributed by atoms with E-state index in [4.69, 9.17) is 0 Å². The van der Waals surface area contributed by atoms with Crippen molar-refractivity contribution in [1.29, 1.82) is 0 Å². The Hall–Kier alpha value is -0.230. The van der Waals surface area contributed by atoms with Gasteiger partial charge in [0.1, 0.15) is 5.82 Å². The van der Waals surface area contributed by atoms with Gasteiger partial charge in [-0.05, 0) is 61.0 Å². The van der Waals surface area contributed by atoms with Crippen LogP contribution >= 0.6 is 47.8 Å². The van der Waals surface area contributed by atoms with Crippen molar-refractivity contribution >= 4 is 47.8 Å². The molecule has 0 aromatic heterocycles. The molecular formula is C15H13Br3FN. The van der Waals surface area contributed by atoms with Crippen LogP contribution in [0.2, 0.25) is 0 Å². The first-order valence-electron chi connectivity index (χ1n) is 6.07. The fourth-order valence-electron chi connectivity index (χ4n) is 2.11. The normalized spacial score (nSPS) is 12.4. The molecule has 0 aliphatic heterocycles. The summed E-state index contributed by atoms with van der Waals surface area (Å²) in [6, 6.07) is 11.1. The van der Waals surface area contributed by atoms with E-state index in [0.29, 0.717) is 6.42 Å². The highest BCUT2D eigenvalue weighted by molar-refractivity contribution is 9.11. The second-order valence-electron chi connectivity index (χ2n) is 4.49. The smallest absolute Gasteiger partial charge is 0.124 e. The van der Waals surface area contributed by atoms with E-state index < -0.39 is 0 Å². The summed E-state index contributed by atoms with van der Waals surface area (Å²) < 4.78 is 16.3. The Labute approximate surface area is 143 Å². The van der Waals surface area contributed by atoms with Crippen molar-refractivity contribution in [2.24, 2.45) is 0 Å². The predicted octanol–water partition coefficient (Wildman–Crippen LogP) is 5.62. The number of hydrogen-bond donors (Lipinski definition) is 1. The first-order chi connectivity index (χ1) is 9.49. The molecule has 5 heteroatoms. The highest BCUT2D eigenvalue weighted by atomic mass is 79.9. The monoisotopic (exact) mass is 463 g/mol. The van der Waals surface area contributed by atoms with E-state index in [1.165, 1.54) is 6.07 Å². The SMILES string of the molecule is CNC(Cc1cc(F)cc(Br)c1)c1cc(Br)ccc1Br. The molecule has 0 aliphatic rings. The van der Waals surface area contributed by atoms with E-state index in [-0.39, 0.29) is 11.9 Å². The van der Waals surface area contributed by atoms with Crippen molar-refractivity contribution in [2.75, 3.05) is 7.05 Å². The Morgan fingerprint density at radius 1 is 1.05 bits per heavy atom. The third-order valence-corrected chi connectivity index (χ3v) is 4.72. The van der Waals surface area contributed by atoms with E-state index in [2.05, 4.69) is 59.2 Å². The summed E-state index contributed by atoms with van der Waals surface area (Å²) in [4.78, 5) is 0. The molecule has 0 saturated carbocycles. The zero-order valence-electron chi connectivity index (χ0n) is 10.8. The molecule has 0 fully saturated rings. The van der Waals surface area contributed by atoms with Gasteiger partial charge >= 0.3 is 0 Å². The Bertz CT molecular complexity index is 596. The van der Waals surface area contributed by atoms with Gasteiger partial charge in [-0.3, -0.25) is 0 Å². The molecule has 2 rings (SSSR count). The minimum absolute atomic E-state index is 0.107. The topological polar surface area (TPSA) is 12.0 Å². The van der Waals surface area contributed by atoms with Crippen molar-refractivity contribution in [1.82, 2.24) is 5.32 Å². The molecule has 2 aromatic carbocycles. The molecule has 1 N–H and O–H groups in total. The summed E-state index contributed by atoms with van der Waals surface area (Å²) in [6.07, 6.45) is 0.710. The molecule has 1 nitrogen and oxygen atoms in total. The van der Waals surface area contributed by atoms with E-state index in [9.17, 15) is 4.39 Å². The fraction of sp³-hybridized carbons (Fsp3) is 0.200. The lowest BCUT2D eigenvalue weighted by Crippen LogP contribution is -2.19. The summed E-state index contributed by atoms with van der Waals surface area (Å²) in [6.45, 7) is 0. The third kappa shape index (κ3) is 4.13. The number of nitrogens with one attached hydrogen (secondary N) is 1. The van der Waals surface area contributed by atoms with E-state index in [1.54, 1.807) is 6.07 Å². The van der Waals surface area contributed by atoms with Crippen LogP contribution in [0.1, 0.15) is 17.2 Å². The van der Waals surface area contributed by atoms with Crippen molar-refractivity contribution < 1.29 is 4.39 Å². The second-order valence-corrected chi connectivity index (χ2v) is 7.17. The van der Waals surface area contributed by atoms with Gasteiger partial charge in [0.25, 0.3) is 0 Å². The minimum Gasteiger partial charge on any atom is -0.313 e. The number of rotatable bonds is 4. The first-order valence-corrected chi connectivity index (χ1v) is 8.44. The van der Waals surface area contributed by atoms with Crippen LogP contribution in [-0.2, 0) is 6.42 Å². The van der Waals surface area contributed by atoms with Gasteiger partial charge in [0.2, 0.25) is 0 Å². The second kappa shape index (κ2) is 7.16. The Kier molecular flexibility index (Phi) is 5.78. The summed E-state index contributed by atoms with van der Waals surface area (Å²) in [5, 5.41) is 3.29. The molecule has 2 aromatic rings. The lowest BCUT2D eigenvalue weighted by atomic mass is 9.99. The third-order valence-electron chi connectivity index (χ3n) is 3.04. The largest absolute Gasteiger partial charge is 0.313 e. The van der Waals surface area contributed by atoms with Gasteiger partial charge in [0.05, 0.1) is 0 Å². The van der Waals surface area contributed by atoms with Crippen LogP contribution in [-0.4, -0.2) is 7.05 Å². The van der Waals surface area contributed by atoms with E-state index in [0.717, 1.165) is 24.5 Å². The van der Waals surface area contributed by atoms with Crippen LogP contribution in [0.25, 0.3) is 0 Å². The average Bonchev–Trinajstić information content (AvgIpc) is 2.38. The Morgan fingerprint density at radius 3 is 2.45 bits per heavy atom. The highest BCUT2D eigenvalue weighted by Gasteiger charge is 2.14. The molecule has 20 heavy (non-hydrogen) atoms. The van der Waals surface area contributed by atoms with Gasteiger partial charge < -0.3 is 5.32 Å². The van der Waals surface area contributed by atoms with Crippen molar-refractivity contribution in [3.05, 3.63) is 66.8 Å². The predicted molar refractivity (Wildman–Crippen MR) is 91.4 cm³/mol. The Balaban J connectivity index is 2.31. The van der Waals surface area contributed by atoms with Crippen LogP contribution in [0.15, 0.2) is 49.8 Å². The quantitative estimate of drug-likeness (QED) is 0.618. The zero-order chi connectivity index (χ0) is 14.7. The standard InChI is InChI=1S/C15H13Br3FN/c1-20-15(13-8-10(16)2-3-14(13)18)6-9-4-11(17)7-12(19)5-9/h2-5,7-8,15,20H,6H2,1H3. The first kappa shape index (κ1) is 16.1. The number of hydrogen-bond acceptors (Lipinski definition) is 1. The van der Waals surface area contributed by atoms with Crippen molar-refractivity contribution in [3.63, 3.8) is 0 Å². The maximum Gasteiger partial charge on any atom is 0.124 e. The van der Waals surface area contributed by atoms with Crippen LogP contribution in [0.4, 0.5) is 4.39 Å². The van der Waals surface area contributed by atoms with Gasteiger partial charge in [0, 0.05) is 19.5 Å². The average molecular weight is 466 g/mol. The molecule has 106 valence electrons. The number of likely N-dealkylation sites (N-methyl/N-ethyl adjacent to an activating group) is 1. The summed E-state index contributed by atoms with van der Waals surface area (Å²) in [7, 11) is 1.91. The molecule has 1 atom stereocenters. The number of halogens is 4. The fourth-order valence-corrected chi connectivity index (χ4v) is 3.53. The maximum absolute atomic E-state index is 13.5. The molecule has 0 radical (unpaired) electrons. The van der Waals surface area contributed by atoms with Crippen molar-refractivity contribution in [2.45, 2.75) is 12.5 Å². The molecule has 0 spiro atoms. The van der Waals surface area contributed by atoms with E-state index in [1.807, 2.05) is 25.2 Å². The summed E-state index contributed by atoms with van der Waals surface area (Å²) >= 11 is 10.4. The van der Waals surface area contributed by atoms with Crippen LogP contribution in [0, 0.1) is 5.82 Å². The minimum atomic E-state index is -0.225. The van der Waals surface area contributed by atoms with Gasteiger partial charge in [-0.2, -0.15) is 0 Å². The lowest BCUT2D eigenvalue weighted by Gasteiger charge is -2.19. The van der Waals surface area contributed by atoms with Crippen molar-refractivity contribution in [3.8, 4) is 0 Å². The lowest BCUT2D eigenvalue weighted by molar-refractivity contribution is 0.581. The highest BCUT2D eigenvalue weighted by Crippen LogP contribution is 2.29. The summed E-state index contributed by atoms with van der Waals surface area (Å²) in [5.41, 5.74) is 2.09. The van der Waals surface area contributed by atoms with Gasteiger partial charge in [-0.15, -0.1) is 0 Å². The number of benzene rings is 2. The van der Waals surface area contributed by atoms with Crippen LogP contribution in [0.5, 0.6) is 0 Å². The Morgan fingerprint density at radius 2 is 1.80 bits per heavy atom. The molecule has 0 bridgehead atoms. The molecular weight excluding hydrogens is 453 g/mol. The molecule has 1 unspecified atom stereocenters. The molecule has 0 aliphatic carbocycles. The van der Waals surface area contributed by atoms with Crippen LogP contribution in [0.3, 0.4) is 0 Å². The van der Waals surface area contributed by atoms with Gasteiger partial charge in [-0.1, -0.05) is 47.8 Å². The maximum atomic E-state index is 13.5. The van der Waals surface area contributed by atoms with Crippen LogP contribution < -0.4 is 5.32 Å². The van der Waals surface area contributed by atoms with Gasteiger partial charge in [-0.25, -0.2) is 4.39 Å². The molecule has 0 heterocycles. The molecule has 0 saturated heterocycles. The molecule has 0 amide bonds. The van der Waals surface area contributed by atoms with Gasteiger partial charge in [0.15, 0.2) is 0 Å². The zero-order valence-corrected chi connectivity index (χ0v) is 15.5.